The van der Waals surface area contributed by atoms with E-state index in [0.29, 0.717) is 5.82 Å². The summed E-state index contributed by atoms with van der Waals surface area (Å²) in [5, 5.41) is 2.97. The topological polar surface area (TPSA) is 38.0 Å². The summed E-state index contributed by atoms with van der Waals surface area (Å²) in [7, 11) is 0. The van der Waals surface area contributed by atoms with Crippen LogP contribution in [0.3, 0.4) is 0 Å². The minimum Gasteiger partial charge on any atom is -0.386 e. The Kier molecular flexibility index (Phi) is 2.75. The molecule has 0 unspecified atom stereocenters. The van der Waals surface area contributed by atoms with Gasteiger partial charge in [-0.1, -0.05) is 36.4 Å². The van der Waals surface area contributed by atoms with Gasteiger partial charge in [-0.2, -0.15) is 0 Å². The summed E-state index contributed by atoms with van der Waals surface area (Å²) >= 11 is 0. The number of nitrogens with two attached hydrogens (primary N) is 1. The first-order valence-electron chi connectivity index (χ1n) is 3.92. The second kappa shape index (κ2) is 3.81. The van der Waals surface area contributed by atoms with Crippen molar-refractivity contribution in [3.63, 3.8) is 0 Å². The van der Waals surface area contributed by atoms with Gasteiger partial charge in [0.1, 0.15) is 0 Å². The summed E-state index contributed by atoms with van der Waals surface area (Å²) in [4.78, 5) is 0. The Hall–Kier alpha value is -1.44. The van der Waals surface area contributed by atoms with E-state index in [1.54, 1.807) is 0 Å². The molecule has 3 N–H and O–H groups in total. The number of hydrogen-bond donors (Lipinski definition) is 2. The van der Waals surface area contributed by atoms with Gasteiger partial charge in [-0.25, -0.2) is 0 Å². The molecule has 2 nitrogen and oxygen atoms in total. The fraction of sp³-hybridized carbons (Fsp3) is 0.200. The van der Waals surface area contributed by atoms with Crippen LogP contribution in [-0.2, 0) is 6.54 Å². The monoisotopic (exact) mass is 162 g/mol. The molecule has 0 aliphatic carbocycles. The normalized spacial score (nSPS) is 9.42. The maximum absolute atomic E-state index is 5.37. The summed E-state index contributed by atoms with van der Waals surface area (Å²) in [6, 6.07) is 8.28. The Morgan fingerprint density at radius 1 is 1.58 bits per heavy atom. The van der Waals surface area contributed by atoms with Crippen LogP contribution in [0.15, 0.2) is 36.7 Å². The highest BCUT2D eigenvalue weighted by atomic mass is 15.0. The minimum absolute atomic E-state index is 0.511. The maximum atomic E-state index is 5.37. The smallest absolute Gasteiger partial charge is 0.0888 e. The van der Waals surface area contributed by atoms with E-state index in [1.807, 2.05) is 6.07 Å². The first kappa shape index (κ1) is 8.65. The Morgan fingerprint density at radius 3 is 2.92 bits per heavy atom. The summed E-state index contributed by atoms with van der Waals surface area (Å²) in [5.41, 5.74) is 7.86. The fourth-order valence-electron chi connectivity index (χ4n) is 1.04. The van der Waals surface area contributed by atoms with Crippen LogP contribution in [0.2, 0.25) is 0 Å². The van der Waals surface area contributed by atoms with Gasteiger partial charge >= 0.3 is 0 Å². The van der Waals surface area contributed by atoms with Gasteiger partial charge in [0.25, 0.3) is 0 Å². The molecule has 0 saturated heterocycles. The van der Waals surface area contributed by atoms with E-state index < -0.39 is 0 Å². The average Bonchev–Trinajstić information content (AvgIpc) is 2.01. The van der Waals surface area contributed by atoms with Crippen molar-refractivity contribution in [2.75, 3.05) is 0 Å². The second-order valence-electron chi connectivity index (χ2n) is 2.87. The number of nitrogens with one attached hydrogen (secondary N) is 1. The number of hydrogen-bond acceptors (Lipinski definition) is 2. The van der Waals surface area contributed by atoms with Crippen LogP contribution < -0.4 is 11.1 Å². The highest BCUT2D eigenvalue weighted by Gasteiger charge is 1.91. The lowest BCUT2D eigenvalue weighted by Crippen LogP contribution is -2.17. The van der Waals surface area contributed by atoms with E-state index in [2.05, 4.69) is 37.0 Å². The summed E-state index contributed by atoms with van der Waals surface area (Å²) < 4.78 is 0. The zero-order valence-electron chi connectivity index (χ0n) is 7.30. The van der Waals surface area contributed by atoms with E-state index in [-0.39, 0.29) is 0 Å². The van der Waals surface area contributed by atoms with Gasteiger partial charge in [-0.05, 0) is 12.5 Å². The molecule has 1 aromatic carbocycles. The first-order valence-corrected chi connectivity index (χ1v) is 3.92. The van der Waals surface area contributed by atoms with Gasteiger partial charge in [0.15, 0.2) is 0 Å². The number of benzene rings is 1. The van der Waals surface area contributed by atoms with Crippen LogP contribution in [0.1, 0.15) is 11.1 Å². The molecule has 0 heterocycles. The zero-order valence-corrected chi connectivity index (χ0v) is 7.30. The molecule has 0 bridgehead atoms. The van der Waals surface area contributed by atoms with Crippen molar-refractivity contribution in [1.82, 2.24) is 5.32 Å². The third-order valence-corrected chi connectivity index (χ3v) is 1.60. The van der Waals surface area contributed by atoms with Crippen molar-refractivity contribution in [2.24, 2.45) is 5.73 Å². The van der Waals surface area contributed by atoms with Crippen LogP contribution in [0.25, 0.3) is 0 Å². The molecular weight excluding hydrogens is 148 g/mol. The van der Waals surface area contributed by atoms with Crippen LogP contribution in [0, 0.1) is 6.92 Å². The third-order valence-electron chi connectivity index (χ3n) is 1.60. The van der Waals surface area contributed by atoms with Gasteiger partial charge in [0, 0.05) is 6.54 Å². The molecule has 0 saturated carbocycles. The molecule has 1 rings (SSSR count). The zero-order chi connectivity index (χ0) is 8.97. The molecular formula is C10H14N2. The molecule has 0 atom stereocenters. The van der Waals surface area contributed by atoms with Crippen molar-refractivity contribution in [3.8, 4) is 0 Å². The predicted octanol–water partition coefficient (Wildman–Crippen LogP) is 1.51. The van der Waals surface area contributed by atoms with E-state index in [4.69, 9.17) is 5.73 Å². The lowest BCUT2D eigenvalue weighted by Gasteiger charge is -2.05. The molecule has 0 aliphatic heterocycles. The van der Waals surface area contributed by atoms with Crippen molar-refractivity contribution < 1.29 is 0 Å². The summed E-state index contributed by atoms with van der Waals surface area (Å²) in [5.74, 6) is 0.511. The van der Waals surface area contributed by atoms with Gasteiger partial charge in [0.2, 0.25) is 0 Å². The molecule has 0 aliphatic rings. The Balaban J connectivity index is 2.57. The standard InChI is InChI=1S/C10H14N2/c1-8-4-3-5-10(6-8)7-12-9(2)11/h3-6,12H,2,7,11H2,1H3. The van der Waals surface area contributed by atoms with Crippen molar-refractivity contribution >= 4 is 0 Å². The maximum Gasteiger partial charge on any atom is 0.0888 e. The Morgan fingerprint density at radius 2 is 2.33 bits per heavy atom. The first-order chi connectivity index (χ1) is 5.68. The second-order valence-corrected chi connectivity index (χ2v) is 2.87. The largest absolute Gasteiger partial charge is 0.386 e. The summed E-state index contributed by atoms with van der Waals surface area (Å²) in [6.45, 7) is 6.38. The molecule has 0 amide bonds. The lowest BCUT2D eigenvalue weighted by atomic mass is 10.1. The van der Waals surface area contributed by atoms with Crippen molar-refractivity contribution in [2.45, 2.75) is 13.5 Å². The highest BCUT2D eigenvalue weighted by molar-refractivity contribution is 5.22. The summed E-state index contributed by atoms with van der Waals surface area (Å²) in [6.07, 6.45) is 0. The fourth-order valence-corrected chi connectivity index (χ4v) is 1.04. The molecule has 12 heavy (non-hydrogen) atoms. The SMILES string of the molecule is C=C(N)NCc1cccc(C)c1. The Labute approximate surface area is 73.1 Å². The number of rotatable bonds is 3. The Bertz CT molecular complexity index is 279. The van der Waals surface area contributed by atoms with Crippen LogP contribution in [-0.4, -0.2) is 0 Å². The minimum atomic E-state index is 0.511. The quantitative estimate of drug-likeness (QED) is 0.707. The van der Waals surface area contributed by atoms with E-state index in [9.17, 15) is 0 Å². The molecule has 0 spiro atoms. The predicted molar refractivity (Wildman–Crippen MR) is 51.3 cm³/mol. The molecule has 1 aromatic rings. The number of aryl methyl sites for hydroxylation is 1. The molecule has 64 valence electrons. The van der Waals surface area contributed by atoms with E-state index >= 15 is 0 Å². The van der Waals surface area contributed by atoms with E-state index in [1.165, 1.54) is 11.1 Å². The van der Waals surface area contributed by atoms with E-state index in [0.717, 1.165) is 6.54 Å². The molecule has 0 radical (unpaired) electrons. The van der Waals surface area contributed by atoms with Gasteiger partial charge < -0.3 is 11.1 Å². The van der Waals surface area contributed by atoms with Crippen molar-refractivity contribution in [3.05, 3.63) is 47.8 Å². The highest BCUT2D eigenvalue weighted by Crippen LogP contribution is 2.03. The van der Waals surface area contributed by atoms with Crippen LogP contribution in [0.4, 0.5) is 0 Å². The lowest BCUT2D eigenvalue weighted by molar-refractivity contribution is 0.803. The third kappa shape index (κ3) is 2.66. The van der Waals surface area contributed by atoms with Gasteiger partial charge in [-0.15, -0.1) is 0 Å². The molecule has 2 heteroatoms. The molecule has 0 aromatic heterocycles. The van der Waals surface area contributed by atoms with Crippen LogP contribution >= 0.6 is 0 Å². The average molecular weight is 162 g/mol. The van der Waals surface area contributed by atoms with Crippen molar-refractivity contribution in [1.29, 1.82) is 0 Å². The van der Waals surface area contributed by atoms with Gasteiger partial charge in [0.05, 0.1) is 5.82 Å². The molecule has 0 fully saturated rings. The van der Waals surface area contributed by atoms with Crippen LogP contribution in [0.5, 0.6) is 0 Å². The van der Waals surface area contributed by atoms with Gasteiger partial charge in [-0.3, -0.25) is 0 Å².